The van der Waals surface area contributed by atoms with Gasteiger partial charge in [0.15, 0.2) is 0 Å². The number of aromatic carboxylic acids is 4. The van der Waals surface area contributed by atoms with Gasteiger partial charge in [0.05, 0.1) is 22.3 Å². The number of carbonyl (C=O) groups is 4. The average Bonchev–Trinajstić information content (AvgIpc) is 3.65. The summed E-state index contributed by atoms with van der Waals surface area (Å²) >= 11 is 5.88. The lowest BCUT2D eigenvalue weighted by Gasteiger charge is -2.04. The molecule has 474 valence electrons. The summed E-state index contributed by atoms with van der Waals surface area (Å²) in [5, 5.41) is 88.7. The molecule has 10 N–H and O–H groups in total. The summed E-state index contributed by atoms with van der Waals surface area (Å²) in [7, 11) is -7.22. The molecule has 0 amide bonds. The highest BCUT2D eigenvalue weighted by Crippen LogP contribution is 2.35. The molecule has 7 aromatic rings. The van der Waals surface area contributed by atoms with Crippen LogP contribution in [0.1, 0.15) is 91.4 Å². The Morgan fingerprint density at radius 3 is 0.558 bits per heavy atom. The molecule has 0 radical (unpaired) electrons. The Hall–Kier alpha value is -6.75. The van der Waals surface area contributed by atoms with Crippen LogP contribution in [0.5, 0.6) is 23.0 Å². The van der Waals surface area contributed by atoms with Gasteiger partial charge < -0.3 is 64.6 Å². The summed E-state index contributed by atoms with van der Waals surface area (Å²) in [5.74, 6) is -0.363. The maximum atomic E-state index is 11.4. The summed E-state index contributed by atoms with van der Waals surface area (Å²) in [6.45, 7) is 26.2. The zero-order valence-corrected chi connectivity index (χ0v) is 57.9. The Morgan fingerprint density at radius 1 is 0.326 bits per heavy atom. The van der Waals surface area contributed by atoms with Crippen LogP contribution in [0.15, 0.2) is 164 Å². The molecular weight excluding hydrogens is 1290 g/mol. The molecule has 0 fully saturated rings. The van der Waals surface area contributed by atoms with E-state index in [1.807, 2.05) is 130 Å². The summed E-state index contributed by atoms with van der Waals surface area (Å²) in [4.78, 5) is 41.9. The van der Waals surface area contributed by atoms with Gasteiger partial charge in [-0.15, -0.1) is 0 Å². The number of carboxylic acids is 4. The van der Waals surface area contributed by atoms with Crippen LogP contribution in [0.2, 0.25) is 6.82 Å². The first-order chi connectivity index (χ1) is 40.1. The SMILES string of the molecule is CB(O)O.CBr.CBr.CC.CC.CP(C)(=O)c1ccccc1.CP(C)(=O)c1ccccc1.CP(C)(=O)c1ccccc1.Cc1c(O)cccc1C(=O)O.Cc1c(O)cccc1C(=O)O.Cc1c(O)cccc1C(=O)O.Cc1c(O)cccc1C(=O)O. The van der Waals surface area contributed by atoms with Crippen LogP contribution in [0, 0.1) is 27.7 Å². The lowest BCUT2D eigenvalue weighted by molar-refractivity contribution is 0.0685. The van der Waals surface area contributed by atoms with Gasteiger partial charge in [0, 0.05) is 38.2 Å². The largest absolute Gasteiger partial charge is 0.508 e. The summed E-state index contributed by atoms with van der Waals surface area (Å²) in [6, 6.07) is 46.4. The van der Waals surface area contributed by atoms with E-state index in [2.05, 4.69) is 31.9 Å². The van der Waals surface area contributed by atoms with Crippen molar-refractivity contribution in [3.63, 3.8) is 0 Å². The Bertz CT molecular complexity index is 2780. The van der Waals surface area contributed by atoms with Crippen LogP contribution >= 0.6 is 53.3 Å². The van der Waals surface area contributed by atoms with Gasteiger partial charge in [0.2, 0.25) is 0 Å². The summed E-state index contributed by atoms with van der Waals surface area (Å²) < 4.78 is 34.2. The van der Waals surface area contributed by atoms with Gasteiger partial charge in [0.1, 0.15) is 44.4 Å². The highest BCUT2D eigenvalue weighted by atomic mass is 79.9. The van der Waals surface area contributed by atoms with Crippen LogP contribution in [0.3, 0.4) is 0 Å². The third-order valence-corrected chi connectivity index (χ3v) is 14.9. The number of phenolic OH excluding ortho intramolecular Hbond substituents is 4. The minimum Gasteiger partial charge on any atom is -0.508 e. The van der Waals surface area contributed by atoms with Gasteiger partial charge in [-0.05, 0) is 135 Å². The van der Waals surface area contributed by atoms with Crippen molar-refractivity contribution in [2.75, 3.05) is 51.7 Å². The molecule has 23 heteroatoms. The van der Waals surface area contributed by atoms with Crippen molar-refractivity contribution >= 4 is 100 Å². The first kappa shape index (κ1) is 88.0. The van der Waals surface area contributed by atoms with Gasteiger partial charge >= 0.3 is 31.0 Å². The molecule has 0 unspecified atom stereocenters. The minimum atomic E-state index is -2.02. The van der Waals surface area contributed by atoms with Crippen molar-refractivity contribution in [3.8, 4) is 23.0 Å². The Labute approximate surface area is 526 Å². The van der Waals surface area contributed by atoms with Crippen molar-refractivity contribution in [3.05, 3.63) is 208 Å². The number of carboxylic acid groups (broad SMARTS) is 4. The van der Waals surface area contributed by atoms with Crippen LogP contribution in [-0.2, 0) is 13.7 Å². The third-order valence-electron chi connectivity index (χ3n) is 10.3. The molecule has 7 rings (SSSR count). The first-order valence-corrected chi connectivity index (χ1v) is 37.0. The number of alkyl halides is 2. The smallest absolute Gasteiger partial charge is 0.448 e. The molecule has 7 aromatic carbocycles. The second kappa shape index (κ2) is 48.4. The second-order valence-electron chi connectivity index (χ2n) is 17.7. The quantitative estimate of drug-likeness (QED) is 0.0403. The number of benzene rings is 7. The molecule has 0 aromatic heterocycles. The van der Waals surface area contributed by atoms with Crippen molar-refractivity contribution in [2.24, 2.45) is 0 Å². The molecular formula is C63H88BBr2O17P3. The number of phenols is 4. The van der Waals surface area contributed by atoms with Gasteiger partial charge in [-0.1, -0.05) is 175 Å². The molecule has 0 spiro atoms. The molecule has 0 heterocycles. The van der Waals surface area contributed by atoms with Crippen molar-refractivity contribution in [1.82, 2.24) is 0 Å². The maximum Gasteiger partial charge on any atom is 0.448 e. The fourth-order valence-electron chi connectivity index (χ4n) is 5.78. The van der Waals surface area contributed by atoms with E-state index >= 15 is 0 Å². The van der Waals surface area contributed by atoms with Gasteiger partial charge in [-0.2, -0.15) is 0 Å². The predicted molar refractivity (Wildman–Crippen MR) is 364 cm³/mol. The Balaban J connectivity index is -0.000000288. The zero-order valence-electron chi connectivity index (χ0n) is 52.1. The normalized spacial score (nSPS) is 9.45. The third kappa shape index (κ3) is 39.1. The van der Waals surface area contributed by atoms with Crippen LogP contribution < -0.4 is 15.9 Å². The van der Waals surface area contributed by atoms with Crippen molar-refractivity contribution in [2.45, 2.75) is 62.2 Å². The fourth-order valence-corrected chi connectivity index (χ4v) is 8.45. The van der Waals surface area contributed by atoms with E-state index in [0.29, 0.717) is 22.3 Å². The number of rotatable bonds is 7. The molecule has 0 aliphatic carbocycles. The standard InChI is InChI=1S/4C8H8O3.3C8H11OP.2C2H6.CH5BO2.2CH3Br/c4*1-5-6(8(10)11)3-2-4-7(5)9;3*1-10(2,9)8-6-4-3-5-7-8;2*1-2;1-2(3)4;2*1-2/h4*2-4,9H,1H3,(H,10,11);3*3-7H,1-2H3;2*1-2H3;3-4H,1H3;2*1H3. The van der Waals surface area contributed by atoms with Gasteiger partial charge in [-0.3, -0.25) is 0 Å². The number of hydrogen-bond donors (Lipinski definition) is 10. The van der Waals surface area contributed by atoms with E-state index in [4.69, 9.17) is 50.9 Å². The van der Waals surface area contributed by atoms with E-state index in [9.17, 15) is 32.9 Å². The number of hydrogen-bond acceptors (Lipinski definition) is 13. The van der Waals surface area contributed by atoms with Crippen LogP contribution in [0.25, 0.3) is 0 Å². The first-order valence-electron chi connectivity index (χ1n) is 26.1. The molecule has 0 saturated carbocycles. The fraction of sp³-hybridized carbons (Fsp3) is 0.270. The van der Waals surface area contributed by atoms with E-state index < -0.39 is 52.4 Å². The highest BCUT2D eigenvalue weighted by molar-refractivity contribution is 9.09. The Kier molecular flexibility index (Phi) is 49.5. The molecule has 17 nitrogen and oxygen atoms in total. The number of aromatic hydroxyl groups is 4. The highest BCUT2D eigenvalue weighted by Gasteiger charge is 2.13. The summed E-state index contributed by atoms with van der Waals surface area (Å²) in [6.07, 6.45) is 0. The maximum absolute atomic E-state index is 11.4. The zero-order chi connectivity index (χ0) is 68.1. The monoisotopic (exact) mass is 1380 g/mol. The molecule has 0 saturated heterocycles. The van der Waals surface area contributed by atoms with E-state index in [-0.39, 0.29) is 45.3 Å². The number of halogens is 2. The molecule has 0 aliphatic rings. The van der Waals surface area contributed by atoms with Crippen LogP contribution in [-0.4, -0.2) is 134 Å². The van der Waals surface area contributed by atoms with E-state index in [0.717, 1.165) is 15.9 Å². The predicted octanol–water partition coefficient (Wildman–Crippen LogP) is 14.6. The molecule has 0 aliphatic heterocycles. The molecule has 0 atom stereocenters. The minimum absolute atomic E-state index is 0.0184. The van der Waals surface area contributed by atoms with E-state index in [1.165, 1.54) is 79.6 Å². The van der Waals surface area contributed by atoms with E-state index in [1.54, 1.807) is 67.7 Å². The second-order valence-corrected chi connectivity index (χ2v) is 27.4. The van der Waals surface area contributed by atoms with Crippen LogP contribution in [0.4, 0.5) is 0 Å². The lowest BCUT2D eigenvalue weighted by atomic mass is 9.99. The van der Waals surface area contributed by atoms with Crippen molar-refractivity contribution < 1.29 is 83.8 Å². The topological polar surface area (TPSA) is 322 Å². The summed E-state index contributed by atoms with van der Waals surface area (Å²) in [5.41, 5.74) is 2.19. The van der Waals surface area contributed by atoms with Crippen molar-refractivity contribution in [1.29, 1.82) is 0 Å². The Morgan fingerprint density at radius 2 is 0.465 bits per heavy atom. The van der Waals surface area contributed by atoms with Gasteiger partial charge in [0.25, 0.3) is 0 Å². The molecule has 0 bridgehead atoms. The molecule has 86 heavy (non-hydrogen) atoms. The van der Waals surface area contributed by atoms with Gasteiger partial charge in [-0.25, -0.2) is 19.2 Å². The average molecular weight is 1380 g/mol. The lowest BCUT2D eigenvalue weighted by Crippen LogP contribution is -2.00.